The van der Waals surface area contributed by atoms with Crippen molar-refractivity contribution in [3.63, 3.8) is 0 Å². The van der Waals surface area contributed by atoms with Gasteiger partial charge in [0, 0.05) is 37.1 Å². The Bertz CT molecular complexity index is 1300. The van der Waals surface area contributed by atoms with Gasteiger partial charge in [-0.05, 0) is 30.7 Å². The quantitative estimate of drug-likeness (QED) is 0.388. The van der Waals surface area contributed by atoms with Gasteiger partial charge in [-0.2, -0.15) is 5.06 Å². The molecular formula is C23H20N6O4S. The number of furan rings is 2. The number of hydroxylamine groups is 1. The summed E-state index contributed by atoms with van der Waals surface area (Å²) in [6.07, 6.45) is 12.1. The molecule has 5 aromatic heterocycles. The highest BCUT2D eigenvalue weighted by molar-refractivity contribution is 7.13. The van der Waals surface area contributed by atoms with Crippen LogP contribution in [0.3, 0.4) is 0 Å². The smallest absolute Gasteiger partial charge is 0.239 e. The first kappa shape index (κ1) is 19.8. The number of aromatic amines is 1. The van der Waals surface area contributed by atoms with E-state index in [1.54, 1.807) is 48.6 Å². The van der Waals surface area contributed by atoms with Crippen molar-refractivity contribution in [3.8, 4) is 0 Å². The summed E-state index contributed by atoms with van der Waals surface area (Å²) in [5, 5.41) is 4.37. The number of rotatable bonds is 6. The average molecular weight is 477 g/mol. The molecule has 2 fully saturated rings. The summed E-state index contributed by atoms with van der Waals surface area (Å²) in [7, 11) is 0. The fourth-order valence-corrected chi connectivity index (χ4v) is 5.94. The minimum atomic E-state index is -1.13. The third-order valence-electron chi connectivity index (χ3n) is 6.67. The van der Waals surface area contributed by atoms with Crippen molar-refractivity contribution < 1.29 is 18.1 Å². The molecule has 0 spiro atoms. The Morgan fingerprint density at radius 2 is 1.88 bits per heavy atom. The van der Waals surface area contributed by atoms with E-state index >= 15 is 0 Å². The number of nitrogens with zero attached hydrogens (tertiary/aromatic N) is 5. The third kappa shape index (κ3) is 2.38. The van der Waals surface area contributed by atoms with Gasteiger partial charge < -0.3 is 18.2 Å². The van der Waals surface area contributed by atoms with Crippen LogP contribution in [-0.4, -0.2) is 37.9 Å². The average Bonchev–Trinajstić information content (AvgIpc) is 3.66. The molecule has 2 aliphatic heterocycles. The van der Waals surface area contributed by atoms with Crippen LogP contribution in [0.2, 0.25) is 0 Å². The van der Waals surface area contributed by atoms with Crippen LogP contribution in [0.1, 0.15) is 35.8 Å². The van der Waals surface area contributed by atoms with Crippen LogP contribution in [0, 0.1) is 0 Å². The van der Waals surface area contributed by atoms with E-state index in [0.717, 1.165) is 19.5 Å². The Morgan fingerprint density at radius 3 is 2.50 bits per heavy atom. The molecule has 2 saturated heterocycles. The molecule has 7 rings (SSSR count). The van der Waals surface area contributed by atoms with Crippen LogP contribution >= 0.6 is 11.3 Å². The molecule has 1 N–H and O–H groups in total. The number of H-pyrrole nitrogens is 1. The molecule has 2 aliphatic rings. The summed E-state index contributed by atoms with van der Waals surface area (Å²) < 4.78 is 18.3. The zero-order valence-corrected chi connectivity index (χ0v) is 18.7. The first-order valence-corrected chi connectivity index (χ1v) is 11.8. The molecule has 0 aliphatic carbocycles. The Morgan fingerprint density at radius 1 is 0.971 bits per heavy atom. The number of hydrogen-bond donors (Lipinski definition) is 1. The number of anilines is 1. The number of oxazole rings is 1. The number of imidazole rings is 1. The molecule has 3 unspecified atom stereocenters. The Balaban J connectivity index is 1.65. The highest BCUT2D eigenvalue weighted by Gasteiger charge is 2.78. The molecular weight excluding hydrogens is 456 g/mol. The molecule has 7 heterocycles. The van der Waals surface area contributed by atoms with E-state index in [2.05, 4.69) is 14.9 Å². The van der Waals surface area contributed by atoms with Crippen molar-refractivity contribution in [2.45, 2.75) is 23.6 Å². The van der Waals surface area contributed by atoms with Gasteiger partial charge in [-0.3, -0.25) is 9.74 Å². The first-order valence-electron chi connectivity index (χ1n) is 11.0. The molecule has 0 radical (unpaired) electrons. The predicted octanol–water partition coefficient (Wildman–Crippen LogP) is 4.08. The van der Waals surface area contributed by atoms with E-state index in [1.165, 1.54) is 11.3 Å². The molecule has 3 atom stereocenters. The summed E-state index contributed by atoms with van der Waals surface area (Å²) >= 11 is 1.47. The van der Waals surface area contributed by atoms with Gasteiger partial charge in [-0.25, -0.2) is 15.0 Å². The van der Waals surface area contributed by atoms with Crippen molar-refractivity contribution in [1.29, 1.82) is 0 Å². The topological polar surface area (TPSA) is 110 Å². The number of hydrogen-bond acceptors (Lipinski definition) is 10. The van der Waals surface area contributed by atoms with Gasteiger partial charge in [-0.1, -0.05) is 0 Å². The standard InChI is InChI=1S/C23H20N6O4S/c1-4-16(30-12-1)18-22(17-5-2-13-31-17,19-24-6-7-25-19)23(28-10-3-11-28,20-26-8-14-32-20)29(33-18)21-27-9-15-34-21/h1-2,4-9,12-15,18H,3,10-11H2,(H,24,25). The fraction of sp³-hybridized carbons (Fsp3) is 0.261. The molecule has 172 valence electrons. The van der Waals surface area contributed by atoms with E-state index in [1.807, 2.05) is 29.6 Å². The van der Waals surface area contributed by atoms with Crippen molar-refractivity contribution in [2.75, 3.05) is 18.2 Å². The van der Waals surface area contributed by atoms with Crippen molar-refractivity contribution in [1.82, 2.24) is 24.8 Å². The number of likely N-dealkylation sites (tertiary alicyclic amines) is 1. The third-order valence-corrected chi connectivity index (χ3v) is 7.41. The highest BCUT2D eigenvalue weighted by atomic mass is 32.1. The summed E-state index contributed by atoms with van der Waals surface area (Å²) in [5.74, 6) is 2.33. The van der Waals surface area contributed by atoms with Gasteiger partial charge in [-0.15, -0.1) is 11.3 Å². The largest absolute Gasteiger partial charge is 0.468 e. The minimum absolute atomic E-state index is 0.448. The lowest BCUT2D eigenvalue weighted by Gasteiger charge is -2.53. The molecule has 0 amide bonds. The van der Waals surface area contributed by atoms with E-state index < -0.39 is 17.2 Å². The summed E-state index contributed by atoms with van der Waals surface area (Å²) in [5.41, 5.74) is -2.23. The second-order valence-corrected chi connectivity index (χ2v) is 9.06. The SMILES string of the molecule is c1coc(C2ON(c3nccs3)C(c3ncco3)(N3CCC3)C2(c2ncc[nH]2)c2ccco2)c1. The van der Waals surface area contributed by atoms with Gasteiger partial charge in [0.15, 0.2) is 11.5 Å². The molecule has 0 bridgehead atoms. The van der Waals surface area contributed by atoms with E-state index in [0.29, 0.717) is 28.4 Å². The second-order valence-electron chi connectivity index (χ2n) is 8.18. The monoisotopic (exact) mass is 476 g/mol. The molecule has 0 saturated carbocycles. The Kier molecular flexibility index (Phi) is 4.31. The second kappa shape index (κ2) is 7.42. The van der Waals surface area contributed by atoms with E-state index in [9.17, 15) is 0 Å². The van der Waals surface area contributed by atoms with Gasteiger partial charge >= 0.3 is 0 Å². The molecule has 34 heavy (non-hydrogen) atoms. The molecule has 5 aromatic rings. The maximum atomic E-state index is 6.84. The van der Waals surface area contributed by atoms with Crippen molar-refractivity contribution in [2.24, 2.45) is 0 Å². The lowest BCUT2D eigenvalue weighted by atomic mass is 9.66. The Labute approximate surface area is 197 Å². The summed E-state index contributed by atoms with van der Waals surface area (Å²) in [6.45, 7) is 1.59. The molecule has 10 nitrogen and oxygen atoms in total. The first-order chi connectivity index (χ1) is 16.9. The predicted molar refractivity (Wildman–Crippen MR) is 120 cm³/mol. The number of aromatic nitrogens is 4. The highest BCUT2D eigenvalue weighted by Crippen LogP contribution is 2.65. The maximum Gasteiger partial charge on any atom is 0.239 e. The number of thiazole rings is 1. The summed E-state index contributed by atoms with van der Waals surface area (Å²) in [6, 6.07) is 7.54. The van der Waals surface area contributed by atoms with Crippen LogP contribution in [0.5, 0.6) is 0 Å². The molecule has 11 heteroatoms. The zero-order chi connectivity index (χ0) is 22.6. The van der Waals surface area contributed by atoms with Crippen LogP contribution in [0.4, 0.5) is 5.13 Å². The van der Waals surface area contributed by atoms with Crippen LogP contribution in [0.15, 0.2) is 86.5 Å². The van der Waals surface area contributed by atoms with Gasteiger partial charge in [0.1, 0.15) is 23.6 Å². The summed E-state index contributed by atoms with van der Waals surface area (Å²) in [4.78, 5) is 26.6. The van der Waals surface area contributed by atoms with Crippen molar-refractivity contribution >= 4 is 16.5 Å². The van der Waals surface area contributed by atoms with Crippen molar-refractivity contribution in [3.05, 3.63) is 96.5 Å². The van der Waals surface area contributed by atoms with Crippen LogP contribution in [-0.2, 0) is 15.9 Å². The van der Waals surface area contributed by atoms with E-state index in [4.69, 9.17) is 28.1 Å². The molecule has 0 aromatic carbocycles. The maximum absolute atomic E-state index is 6.84. The van der Waals surface area contributed by atoms with Gasteiger partial charge in [0.25, 0.3) is 0 Å². The lowest BCUT2D eigenvalue weighted by molar-refractivity contribution is -0.0456. The zero-order valence-electron chi connectivity index (χ0n) is 17.9. The lowest BCUT2D eigenvalue weighted by Crippen LogP contribution is -2.69. The van der Waals surface area contributed by atoms with E-state index in [-0.39, 0.29) is 0 Å². The minimum Gasteiger partial charge on any atom is -0.468 e. The van der Waals surface area contributed by atoms with Gasteiger partial charge in [0.2, 0.25) is 16.7 Å². The number of nitrogens with one attached hydrogen (secondary N) is 1. The Hall–Kier alpha value is -3.67. The van der Waals surface area contributed by atoms with Gasteiger partial charge in [0.05, 0.1) is 18.7 Å². The van der Waals surface area contributed by atoms with Crippen LogP contribution < -0.4 is 5.06 Å². The van der Waals surface area contributed by atoms with Crippen LogP contribution in [0.25, 0.3) is 0 Å². The normalized spacial score (nSPS) is 27.3. The fourth-order valence-electron chi connectivity index (χ4n) is 5.30.